The van der Waals surface area contributed by atoms with E-state index in [-0.39, 0.29) is 5.75 Å². The van der Waals surface area contributed by atoms with Crippen LogP contribution in [0.2, 0.25) is 5.15 Å². The number of methoxy groups -OCH3 is 1. The first-order valence-electron chi connectivity index (χ1n) is 6.51. The zero-order valence-electron chi connectivity index (χ0n) is 12.0. The summed E-state index contributed by atoms with van der Waals surface area (Å²) in [5, 5.41) is 3.35. The number of anilines is 1. The molecule has 1 N–H and O–H groups in total. The van der Waals surface area contributed by atoms with Gasteiger partial charge in [-0.05, 0) is 18.1 Å². The van der Waals surface area contributed by atoms with E-state index in [0.29, 0.717) is 29.7 Å². The molecule has 0 radical (unpaired) electrons. The van der Waals surface area contributed by atoms with Crippen LogP contribution in [0.5, 0.6) is 11.5 Å². The first-order valence-corrected chi connectivity index (χ1v) is 6.89. The first kappa shape index (κ1) is 17.1. The zero-order valence-corrected chi connectivity index (χ0v) is 12.8. The summed E-state index contributed by atoms with van der Waals surface area (Å²) < 4.78 is 45.6. The highest BCUT2D eigenvalue weighted by atomic mass is 35.5. The highest BCUT2D eigenvalue weighted by Crippen LogP contribution is 2.29. The van der Waals surface area contributed by atoms with E-state index < -0.39 is 6.36 Å². The van der Waals surface area contributed by atoms with Crippen molar-refractivity contribution >= 4 is 17.4 Å². The molecule has 0 aliphatic heterocycles. The van der Waals surface area contributed by atoms with Crippen molar-refractivity contribution in [1.29, 1.82) is 0 Å². The summed E-state index contributed by atoms with van der Waals surface area (Å²) in [5.74, 6) is 0.545. The van der Waals surface area contributed by atoms with E-state index in [1.807, 2.05) is 0 Å². The third-order valence-corrected chi connectivity index (χ3v) is 3.03. The van der Waals surface area contributed by atoms with Crippen LogP contribution in [0.1, 0.15) is 5.56 Å². The van der Waals surface area contributed by atoms with Gasteiger partial charge < -0.3 is 14.8 Å². The standard InChI is InChI=1S/C14H13ClF3N3O2/c1-22-11-6-10(23-14(16,17)18)3-2-9(11)4-5-19-13-7-12(15)20-8-21-13/h2-3,6-8H,4-5H2,1H3,(H,19,20,21). The third kappa shape index (κ3) is 5.48. The first-order chi connectivity index (χ1) is 10.9. The van der Waals surface area contributed by atoms with Gasteiger partial charge in [0.15, 0.2) is 0 Å². The molecule has 0 unspecified atom stereocenters. The average molecular weight is 348 g/mol. The van der Waals surface area contributed by atoms with Crippen molar-refractivity contribution in [2.75, 3.05) is 19.0 Å². The molecule has 1 aromatic heterocycles. The minimum Gasteiger partial charge on any atom is -0.496 e. The van der Waals surface area contributed by atoms with E-state index in [1.54, 1.807) is 6.07 Å². The van der Waals surface area contributed by atoms with E-state index in [4.69, 9.17) is 16.3 Å². The summed E-state index contributed by atoms with van der Waals surface area (Å²) in [6.07, 6.45) is -2.90. The van der Waals surface area contributed by atoms with Crippen LogP contribution in [0.4, 0.5) is 19.0 Å². The number of nitrogens with one attached hydrogen (secondary N) is 1. The van der Waals surface area contributed by atoms with Gasteiger partial charge in [0.25, 0.3) is 0 Å². The van der Waals surface area contributed by atoms with Crippen LogP contribution in [0.3, 0.4) is 0 Å². The maximum absolute atomic E-state index is 12.2. The Bertz CT molecular complexity index is 668. The lowest BCUT2D eigenvalue weighted by molar-refractivity contribution is -0.274. The van der Waals surface area contributed by atoms with Gasteiger partial charge in [-0.3, -0.25) is 0 Å². The van der Waals surface area contributed by atoms with Gasteiger partial charge in [0, 0.05) is 18.7 Å². The summed E-state index contributed by atoms with van der Waals surface area (Å²) in [6, 6.07) is 5.53. The van der Waals surface area contributed by atoms with Crippen molar-refractivity contribution in [3.63, 3.8) is 0 Å². The number of benzene rings is 1. The van der Waals surface area contributed by atoms with Crippen molar-refractivity contribution in [1.82, 2.24) is 9.97 Å². The molecule has 2 aromatic rings. The zero-order chi connectivity index (χ0) is 16.9. The molecular weight excluding hydrogens is 335 g/mol. The molecule has 0 spiro atoms. The van der Waals surface area contributed by atoms with Crippen LogP contribution < -0.4 is 14.8 Å². The fraction of sp³-hybridized carbons (Fsp3) is 0.286. The molecule has 9 heteroatoms. The molecule has 0 bridgehead atoms. The van der Waals surface area contributed by atoms with Gasteiger partial charge in [0.2, 0.25) is 0 Å². The maximum atomic E-state index is 12.2. The van der Waals surface area contributed by atoms with E-state index in [9.17, 15) is 13.2 Å². The van der Waals surface area contributed by atoms with E-state index >= 15 is 0 Å². The van der Waals surface area contributed by atoms with Crippen molar-refractivity contribution in [2.45, 2.75) is 12.8 Å². The number of halogens is 4. The normalized spacial score (nSPS) is 11.2. The Morgan fingerprint density at radius 3 is 2.65 bits per heavy atom. The predicted molar refractivity (Wildman–Crippen MR) is 78.9 cm³/mol. The van der Waals surface area contributed by atoms with Gasteiger partial charge in [-0.15, -0.1) is 13.2 Å². The molecule has 124 valence electrons. The summed E-state index contributed by atoms with van der Waals surface area (Å²) in [5.41, 5.74) is 0.731. The molecule has 0 saturated heterocycles. The average Bonchev–Trinajstić information content (AvgIpc) is 2.47. The minimum atomic E-state index is -4.74. The van der Waals surface area contributed by atoms with Crippen molar-refractivity contribution in [3.05, 3.63) is 41.3 Å². The summed E-state index contributed by atoms with van der Waals surface area (Å²) in [6.45, 7) is 0.489. The van der Waals surface area contributed by atoms with Gasteiger partial charge in [-0.2, -0.15) is 0 Å². The molecule has 1 aromatic carbocycles. The second kappa shape index (κ2) is 7.36. The Morgan fingerprint density at radius 2 is 2.00 bits per heavy atom. The molecule has 0 aliphatic rings. The lowest BCUT2D eigenvalue weighted by Gasteiger charge is -2.13. The third-order valence-electron chi connectivity index (χ3n) is 2.83. The SMILES string of the molecule is COc1cc(OC(F)(F)F)ccc1CCNc1cc(Cl)ncn1. The van der Waals surface area contributed by atoms with Gasteiger partial charge in [-0.25, -0.2) is 9.97 Å². The summed E-state index contributed by atoms with van der Waals surface area (Å²) >= 11 is 5.74. The largest absolute Gasteiger partial charge is 0.573 e. The Labute approximate surface area is 135 Å². The predicted octanol–water partition coefficient (Wildman–Crippen LogP) is 3.69. The Kier molecular flexibility index (Phi) is 5.49. The second-order valence-electron chi connectivity index (χ2n) is 4.42. The Balaban J connectivity index is 1.99. The Hall–Kier alpha value is -2.22. The van der Waals surface area contributed by atoms with Crippen molar-refractivity contribution < 1.29 is 22.6 Å². The quantitative estimate of drug-likeness (QED) is 0.808. The van der Waals surface area contributed by atoms with E-state index in [2.05, 4.69) is 20.0 Å². The van der Waals surface area contributed by atoms with E-state index in [0.717, 1.165) is 5.56 Å². The molecule has 1 heterocycles. The molecule has 0 atom stereocenters. The molecule has 23 heavy (non-hydrogen) atoms. The molecule has 0 aliphatic carbocycles. The van der Waals surface area contributed by atoms with Crippen LogP contribution in [0.15, 0.2) is 30.6 Å². The number of rotatable bonds is 6. The fourth-order valence-electron chi connectivity index (χ4n) is 1.88. The smallest absolute Gasteiger partial charge is 0.496 e. The lowest BCUT2D eigenvalue weighted by Crippen LogP contribution is -2.17. The summed E-state index contributed by atoms with van der Waals surface area (Å²) in [4.78, 5) is 7.75. The van der Waals surface area contributed by atoms with Gasteiger partial charge in [-0.1, -0.05) is 17.7 Å². The monoisotopic (exact) mass is 347 g/mol. The maximum Gasteiger partial charge on any atom is 0.573 e. The minimum absolute atomic E-state index is 0.314. The van der Waals surface area contributed by atoms with Gasteiger partial charge in [0.05, 0.1) is 7.11 Å². The van der Waals surface area contributed by atoms with Crippen LogP contribution >= 0.6 is 11.6 Å². The Morgan fingerprint density at radius 1 is 1.22 bits per heavy atom. The summed E-state index contributed by atoms with van der Waals surface area (Å²) in [7, 11) is 1.38. The van der Waals surface area contributed by atoms with E-state index in [1.165, 1.54) is 31.6 Å². The van der Waals surface area contributed by atoms with Gasteiger partial charge >= 0.3 is 6.36 Å². The second-order valence-corrected chi connectivity index (χ2v) is 4.81. The van der Waals surface area contributed by atoms with Crippen LogP contribution in [-0.4, -0.2) is 30.0 Å². The van der Waals surface area contributed by atoms with Crippen LogP contribution in [0.25, 0.3) is 0 Å². The highest BCUT2D eigenvalue weighted by molar-refractivity contribution is 6.29. The molecule has 2 rings (SSSR count). The van der Waals surface area contributed by atoms with Gasteiger partial charge in [0.1, 0.15) is 28.8 Å². The van der Waals surface area contributed by atoms with Crippen molar-refractivity contribution in [3.8, 4) is 11.5 Å². The number of aromatic nitrogens is 2. The number of alkyl halides is 3. The molecule has 0 saturated carbocycles. The number of ether oxygens (including phenoxy) is 2. The molecule has 5 nitrogen and oxygen atoms in total. The van der Waals surface area contributed by atoms with Crippen LogP contribution in [0, 0.1) is 0 Å². The highest BCUT2D eigenvalue weighted by Gasteiger charge is 2.31. The fourth-order valence-corrected chi connectivity index (χ4v) is 2.03. The number of hydrogen-bond donors (Lipinski definition) is 1. The topological polar surface area (TPSA) is 56.3 Å². The number of hydrogen-bond acceptors (Lipinski definition) is 5. The lowest BCUT2D eigenvalue weighted by atomic mass is 10.1. The number of nitrogens with zero attached hydrogens (tertiary/aromatic N) is 2. The van der Waals surface area contributed by atoms with Crippen LogP contribution in [-0.2, 0) is 6.42 Å². The molecular formula is C14H13ClF3N3O2. The van der Waals surface area contributed by atoms with Crippen molar-refractivity contribution in [2.24, 2.45) is 0 Å². The molecule has 0 amide bonds. The molecule has 0 fully saturated rings.